The number of aromatic nitrogens is 2. The van der Waals surface area contributed by atoms with Gasteiger partial charge in [-0.3, -0.25) is 0 Å². The Morgan fingerprint density at radius 3 is 3.18 bits per heavy atom. The van der Waals surface area contributed by atoms with Crippen LogP contribution in [-0.2, 0) is 6.42 Å². The van der Waals surface area contributed by atoms with Crippen LogP contribution in [0.25, 0.3) is 0 Å². The van der Waals surface area contributed by atoms with E-state index >= 15 is 0 Å². The first-order valence-electron chi connectivity index (χ1n) is 3.75. The third-order valence-corrected chi connectivity index (χ3v) is 1.42. The first-order valence-corrected chi connectivity index (χ1v) is 3.75. The van der Waals surface area contributed by atoms with Gasteiger partial charge in [0.25, 0.3) is 0 Å². The van der Waals surface area contributed by atoms with Crippen molar-refractivity contribution < 1.29 is 0 Å². The van der Waals surface area contributed by atoms with Crippen molar-refractivity contribution >= 4 is 0 Å². The van der Waals surface area contributed by atoms with Crippen molar-refractivity contribution in [2.75, 3.05) is 6.54 Å². The quantitative estimate of drug-likeness (QED) is 0.528. The molecule has 0 saturated heterocycles. The Morgan fingerprint density at radius 1 is 1.82 bits per heavy atom. The van der Waals surface area contributed by atoms with E-state index in [1.54, 1.807) is 6.33 Å². The summed E-state index contributed by atoms with van der Waals surface area (Å²) < 4.78 is 0. The minimum atomic E-state index is 0.0675. The number of imidazole rings is 1. The first-order chi connectivity index (χ1) is 5.29. The molecular weight excluding hydrogens is 140 g/mol. The van der Waals surface area contributed by atoms with Crippen LogP contribution in [0.3, 0.4) is 0 Å². The lowest BCUT2D eigenvalue weighted by Crippen LogP contribution is -2.35. The van der Waals surface area contributed by atoms with Crippen LogP contribution >= 0.6 is 0 Å². The monoisotopic (exact) mass is 154 g/mol. The highest BCUT2D eigenvalue weighted by Crippen LogP contribution is 1.90. The molecule has 1 aromatic heterocycles. The van der Waals surface area contributed by atoms with E-state index in [9.17, 15) is 0 Å². The van der Waals surface area contributed by atoms with Gasteiger partial charge in [0.1, 0.15) is 0 Å². The zero-order chi connectivity index (χ0) is 8.10. The van der Waals surface area contributed by atoms with Crippen LogP contribution in [0.2, 0.25) is 0 Å². The van der Waals surface area contributed by atoms with Gasteiger partial charge < -0.3 is 16.0 Å². The molecule has 1 aromatic rings. The van der Waals surface area contributed by atoms with Crippen LogP contribution in [-0.4, -0.2) is 22.7 Å². The fraction of sp³-hybridized carbons (Fsp3) is 0.571. The van der Waals surface area contributed by atoms with Crippen molar-refractivity contribution in [3.05, 3.63) is 18.2 Å². The zero-order valence-electron chi connectivity index (χ0n) is 6.67. The van der Waals surface area contributed by atoms with Crippen LogP contribution in [0.1, 0.15) is 12.6 Å². The zero-order valence-corrected chi connectivity index (χ0v) is 6.67. The van der Waals surface area contributed by atoms with Crippen molar-refractivity contribution in [2.24, 2.45) is 5.73 Å². The average Bonchev–Trinajstić information content (AvgIpc) is 2.39. The predicted molar refractivity (Wildman–Crippen MR) is 43.9 cm³/mol. The van der Waals surface area contributed by atoms with Gasteiger partial charge in [-0.05, 0) is 6.92 Å². The molecule has 4 heteroatoms. The molecule has 4 nitrogen and oxygen atoms in total. The van der Waals surface area contributed by atoms with Gasteiger partial charge in [0.2, 0.25) is 0 Å². The molecule has 62 valence electrons. The molecule has 0 radical (unpaired) electrons. The molecule has 0 fully saturated rings. The van der Waals surface area contributed by atoms with Gasteiger partial charge in [-0.25, -0.2) is 4.98 Å². The Kier molecular flexibility index (Phi) is 3.07. The van der Waals surface area contributed by atoms with Gasteiger partial charge in [-0.1, -0.05) is 0 Å². The number of H-pyrrole nitrogens is 1. The van der Waals surface area contributed by atoms with E-state index in [4.69, 9.17) is 5.73 Å². The summed E-state index contributed by atoms with van der Waals surface area (Å²) in [6.45, 7) is 2.81. The normalized spacial score (nSPS) is 13.3. The van der Waals surface area contributed by atoms with Crippen molar-refractivity contribution in [2.45, 2.75) is 19.5 Å². The van der Waals surface area contributed by atoms with Crippen LogP contribution < -0.4 is 11.1 Å². The summed E-state index contributed by atoms with van der Waals surface area (Å²) in [6, 6.07) is 0. The molecule has 11 heavy (non-hydrogen) atoms. The number of hydrogen-bond acceptors (Lipinski definition) is 3. The fourth-order valence-electron chi connectivity index (χ4n) is 0.856. The largest absolute Gasteiger partial charge is 0.348 e. The molecule has 1 atom stereocenters. The van der Waals surface area contributed by atoms with Gasteiger partial charge in [-0.15, -0.1) is 0 Å². The van der Waals surface area contributed by atoms with E-state index in [0.717, 1.165) is 18.7 Å². The summed E-state index contributed by atoms with van der Waals surface area (Å²) >= 11 is 0. The summed E-state index contributed by atoms with van der Waals surface area (Å²) in [5.41, 5.74) is 6.63. The molecule has 0 spiro atoms. The second-order valence-electron chi connectivity index (χ2n) is 2.57. The maximum atomic E-state index is 5.49. The summed E-state index contributed by atoms with van der Waals surface area (Å²) in [5.74, 6) is 0. The molecule has 0 aliphatic rings. The molecule has 1 heterocycles. The van der Waals surface area contributed by atoms with E-state index in [-0.39, 0.29) is 6.17 Å². The Balaban J connectivity index is 2.14. The fourth-order valence-corrected chi connectivity index (χ4v) is 0.856. The Hall–Kier alpha value is -0.870. The average molecular weight is 154 g/mol. The molecule has 0 bridgehead atoms. The SMILES string of the molecule is CC(N)NCCc1cnc[nH]1. The standard InChI is InChI=1S/C7H14N4/c1-6(8)10-3-2-7-4-9-5-11-7/h4-6,10H,2-3,8H2,1H3,(H,9,11). The number of rotatable bonds is 4. The van der Waals surface area contributed by atoms with Crippen LogP contribution in [0.4, 0.5) is 0 Å². The van der Waals surface area contributed by atoms with Gasteiger partial charge in [-0.2, -0.15) is 0 Å². The van der Waals surface area contributed by atoms with E-state index in [0.29, 0.717) is 0 Å². The Labute approximate surface area is 66.2 Å². The van der Waals surface area contributed by atoms with Crippen LogP contribution in [0.5, 0.6) is 0 Å². The summed E-state index contributed by atoms with van der Waals surface area (Å²) in [6.07, 6.45) is 4.52. The highest BCUT2D eigenvalue weighted by molar-refractivity contribution is 4.94. The molecule has 0 amide bonds. The lowest BCUT2D eigenvalue weighted by atomic mass is 10.3. The Morgan fingerprint density at radius 2 is 2.64 bits per heavy atom. The van der Waals surface area contributed by atoms with Crippen molar-refractivity contribution in [1.82, 2.24) is 15.3 Å². The highest BCUT2D eigenvalue weighted by atomic mass is 15.0. The third-order valence-electron chi connectivity index (χ3n) is 1.42. The van der Waals surface area contributed by atoms with E-state index < -0.39 is 0 Å². The summed E-state index contributed by atoms with van der Waals surface area (Å²) in [5, 5.41) is 3.11. The number of nitrogens with one attached hydrogen (secondary N) is 2. The molecular formula is C7H14N4. The minimum absolute atomic E-state index is 0.0675. The lowest BCUT2D eigenvalue weighted by Gasteiger charge is -2.05. The molecule has 4 N–H and O–H groups in total. The van der Waals surface area contributed by atoms with Gasteiger partial charge >= 0.3 is 0 Å². The topological polar surface area (TPSA) is 66.7 Å². The second-order valence-corrected chi connectivity index (χ2v) is 2.57. The van der Waals surface area contributed by atoms with Crippen molar-refractivity contribution in [3.8, 4) is 0 Å². The van der Waals surface area contributed by atoms with Crippen molar-refractivity contribution in [3.63, 3.8) is 0 Å². The Bertz CT molecular complexity index is 180. The molecule has 0 aliphatic heterocycles. The van der Waals surface area contributed by atoms with E-state index in [1.165, 1.54) is 0 Å². The first kappa shape index (κ1) is 8.23. The lowest BCUT2D eigenvalue weighted by molar-refractivity contribution is 0.567. The number of nitrogens with two attached hydrogens (primary N) is 1. The van der Waals surface area contributed by atoms with Gasteiger partial charge in [0, 0.05) is 24.9 Å². The van der Waals surface area contributed by atoms with Gasteiger partial charge in [0.05, 0.1) is 12.5 Å². The number of aromatic amines is 1. The smallest absolute Gasteiger partial charge is 0.0921 e. The van der Waals surface area contributed by atoms with Crippen LogP contribution in [0, 0.1) is 0 Å². The maximum Gasteiger partial charge on any atom is 0.0921 e. The minimum Gasteiger partial charge on any atom is -0.348 e. The predicted octanol–water partition coefficient (Wildman–Crippen LogP) is -0.153. The second kappa shape index (κ2) is 4.10. The third kappa shape index (κ3) is 3.15. The number of hydrogen-bond donors (Lipinski definition) is 3. The van der Waals surface area contributed by atoms with E-state index in [1.807, 2.05) is 13.1 Å². The molecule has 0 aliphatic carbocycles. The summed E-state index contributed by atoms with van der Waals surface area (Å²) in [4.78, 5) is 6.92. The van der Waals surface area contributed by atoms with E-state index in [2.05, 4.69) is 15.3 Å². The van der Waals surface area contributed by atoms with Crippen LogP contribution in [0.15, 0.2) is 12.5 Å². The molecule has 1 rings (SSSR count). The molecule has 0 saturated carbocycles. The summed E-state index contributed by atoms with van der Waals surface area (Å²) in [7, 11) is 0. The molecule has 1 unspecified atom stereocenters. The number of nitrogens with zero attached hydrogens (tertiary/aromatic N) is 1. The maximum absolute atomic E-state index is 5.49. The van der Waals surface area contributed by atoms with Crippen molar-refractivity contribution in [1.29, 1.82) is 0 Å². The highest BCUT2D eigenvalue weighted by Gasteiger charge is 1.94. The molecule has 0 aromatic carbocycles. The van der Waals surface area contributed by atoms with Gasteiger partial charge in [0.15, 0.2) is 0 Å².